The van der Waals surface area contributed by atoms with E-state index in [9.17, 15) is 4.79 Å². The van der Waals surface area contributed by atoms with Crippen LogP contribution in [0.3, 0.4) is 0 Å². The van der Waals surface area contributed by atoms with E-state index in [1.165, 1.54) is 19.3 Å². The molecule has 3 atom stereocenters. The highest BCUT2D eigenvalue weighted by Crippen LogP contribution is 2.34. The highest BCUT2D eigenvalue weighted by molar-refractivity contribution is 6.68. The van der Waals surface area contributed by atoms with E-state index in [1.54, 1.807) is 0 Å². The Bertz CT molecular complexity index is 895. The van der Waals surface area contributed by atoms with Crippen molar-refractivity contribution in [1.82, 2.24) is 10.2 Å². The Kier molecular flexibility index (Phi) is 7.66. The molecule has 2 heterocycles. The zero-order valence-corrected chi connectivity index (χ0v) is 19.8. The summed E-state index contributed by atoms with van der Waals surface area (Å²) in [6.45, 7) is 2.81. The van der Waals surface area contributed by atoms with Crippen molar-refractivity contribution in [3.05, 3.63) is 48.0 Å². The number of fused-ring (bicyclic) bond motifs is 2. The van der Waals surface area contributed by atoms with Gasteiger partial charge in [-0.1, -0.05) is 83.7 Å². The molecule has 0 unspecified atom stereocenters. The van der Waals surface area contributed by atoms with Gasteiger partial charge in [0.25, 0.3) is 0 Å². The van der Waals surface area contributed by atoms with Crippen molar-refractivity contribution in [3.8, 4) is 0 Å². The van der Waals surface area contributed by atoms with Gasteiger partial charge in [-0.05, 0) is 61.0 Å². The van der Waals surface area contributed by atoms with Gasteiger partial charge in [-0.25, -0.2) is 0 Å². The summed E-state index contributed by atoms with van der Waals surface area (Å²) in [7, 11) is 0. The molecule has 0 bridgehead atoms. The van der Waals surface area contributed by atoms with Gasteiger partial charge in [-0.15, -0.1) is 0 Å². The molecule has 2 aromatic carbocycles. The van der Waals surface area contributed by atoms with E-state index >= 15 is 0 Å². The molecule has 1 amide bonds. The van der Waals surface area contributed by atoms with Crippen molar-refractivity contribution in [2.24, 2.45) is 5.92 Å². The number of piperidine rings is 2. The second-order valence-corrected chi connectivity index (χ2v) is 11.0. The molecule has 2 aliphatic heterocycles. The number of carbonyl (C=O) groups excluding carboxylic acids is 1. The van der Waals surface area contributed by atoms with Crippen LogP contribution in [-0.2, 0) is 16.0 Å². The third-order valence-electron chi connectivity index (χ3n) is 6.53. The fourth-order valence-corrected chi connectivity index (χ4v) is 5.38. The summed E-state index contributed by atoms with van der Waals surface area (Å²) in [5.41, 5.74) is 0.934. The average molecular weight is 484 g/mol. The first-order valence-electron chi connectivity index (χ1n) is 11.1. The van der Waals surface area contributed by atoms with Gasteiger partial charge in [-0.2, -0.15) is 0 Å². The van der Waals surface area contributed by atoms with E-state index in [1.807, 2.05) is 42.5 Å². The minimum atomic E-state index is -1.74. The summed E-state index contributed by atoms with van der Waals surface area (Å²) in [5, 5.41) is 4.95. The summed E-state index contributed by atoms with van der Waals surface area (Å²) in [6.07, 6.45) is 5.20. The number of nitrogens with one attached hydrogen (secondary N) is 1. The molecule has 7 heteroatoms. The largest absolute Gasteiger partial charge is 0.354 e. The molecular weight excluding hydrogens is 455 g/mol. The Morgan fingerprint density at radius 2 is 1.84 bits per heavy atom. The van der Waals surface area contributed by atoms with Gasteiger partial charge in [0.1, 0.15) is 0 Å². The first kappa shape index (κ1) is 23.1. The molecular formula is C24H29Cl3N2O2. The molecule has 168 valence electrons. The molecule has 0 spiro atoms. The van der Waals surface area contributed by atoms with Crippen molar-refractivity contribution in [3.63, 3.8) is 0 Å². The summed E-state index contributed by atoms with van der Waals surface area (Å²) in [6, 6.07) is 14.5. The quantitative estimate of drug-likeness (QED) is 0.437. The molecule has 0 aliphatic carbocycles. The number of halogens is 3. The topological polar surface area (TPSA) is 41.6 Å². The number of benzene rings is 2. The third-order valence-corrected chi connectivity index (χ3v) is 7.12. The number of ether oxygens (including phenoxy) is 1. The molecule has 2 aromatic rings. The smallest absolute Gasteiger partial charge is 0.234 e. The Morgan fingerprint density at radius 3 is 2.68 bits per heavy atom. The summed E-state index contributed by atoms with van der Waals surface area (Å²) < 4.78 is 4.30. The zero-order chi connectivity index (χ0) is 21.8. The second kappa shape index (κ2) is 10.3. The molecule has 2 fully saturated rings. The SMILES string of the molecule is O=C(Cc1cccc2ccccc12)N[C@H](OC[C@@H]1CCCN2CCCC[C@H]12)C(Cl)(Cl)Cl. The van der Waals surface area contributed by atoms with Gasteiger partial charge >= 0.3 is 0 Å². The van der Waals surface area contributed by atoms with Crippen LogP contribution in [0.2, 0.25) is 0 Å². The lowest BCUT2D eigenvalue weighted by atomic mass is 9.84. The van der Waals surface area contributed by atoms with Crippen LogP contribution in [0, 0.1) is 5.92 Å². The minimum absolute atomic E-state index is 0.196. The maximum Gasteiger partial charge on any atom is 0.234 e. The lowest BCUT2D eigenvalue weighted by Gasteiger charge is -2.44. The molecule has 4 nitrogen and oxygen atoms in total. The molecule has 2 aliphatic rings. The molecule has 31 heavy (non-hydrogen) atoms. The van der Waals surface area contributed by atoms with Crippen molar-refractivity contribution in [1.29, 1.82) is 0 Å². The van der Waals surface area contributed by atoms with Crippen LogP contribution in [0.25, 0.3) is 10.8 Å². The number of amides is 1. The van der Waals surface area contributed by atoms with Crippen LogP contribution >= 0.6 is 34.8 Å². The lowest BCUT2D eigenvalue weighted by molar-refractivity contribution is -0.125. The van der Waals surface area contributed by atoms with Crippen molar-refractivity contribution < 1.29 is 9.53 Å². The highest BCUT2D eigenvalue weighted by atomic mass is 35.6. The molecule has 2 saturated heterocycles. The van der Waals surface area contributed by atoms with E-state index in [4.69, 9.17) is 39.5 Å². The van der Waals surface area contributed by atoms with Gasteiger partial charge in [0.05, 0.1) is 13.0 Å². The van der Waals surface area contributed by atoms with Crippen LogP contribution in [0.1, 0.15) is 37.7 Å². The fourth-order valence-electron chi connectivity index (χ4n) is 5.03. The van der Waals surface area contributed by atoms with Gasteiger partial charge in [0.2, 0.25) is 9.70 Å². The Labute approximate surface area is 199 Å². The average Bonchev–Trinajstić information content (AvgIpc) is 2.76. The fraction of sp³-hybridized carbons (Fsp3) is 0.542. The summed E-state index contributed by atoms with van der Waals surface area (Å²) >= 11 is 18.5. The standard InChI is InChI=1S/C24H29Cl3N2O2/c25-24(26,27)23(31-16-19-10-6-14-29-13-4-3-12-21(19)29)28-22(30)15-18-9-5-8-17-7-1-2-11-20(17)18/h1-2,5,7-9,11,19,21,23H,3-4,6,10,12-16H2,(H,28,30)/t19-,21+,23+/m0/s1. The number of carbonyl (C=O) groups is 1. The Hall–Kier alpha value is -1.04. The second-order valence-electron chi connectivity index (χ2n) is 8.64. The predicted molar refractivity (Wildman–Crippen MR) is 128 cm³/mol. The van der Waals surface area contributed by atoms with Crippen LogP contribution < -0.4 is 5.32 Å². The maximum absolute atomic E-state index is 12.8. The van der Waals surface area contributed by atoms with Crippen molar-refractivity contribution >= 4 is 51.5 Å². The van der Waals surface area contributed by atoms with Gasteiger partial charge in [0.15, 0.2) is 6.23 Å². The van der Waals surface area contributed by atoms with Crippen molar-refractivity contribution in [2.45, 2.75) is 54.6 Å². The Morgan fingerprint density at radius 1 is 1.06 bits per heavy atom. The van der Waals surface area contributed by atoms with Crippen LogP contribution in [0.5, 0.6) is 0 Å². The van der Waals surface area contributed by atoms with Crippen LogP contribution in [-0.4, -0.2) is 46.6 Å². The molecule has 1 N–H and O–H groups in total. The van der Waals surface area contributed by atoms with Gasteiger partial charge < -0.3 is 15.0 Å². The lowest BCUT2D eigenvalue weighted by Crippen LogP contribution is -2.51. The molecule has 0 radical (unpaired) electrons. The van der Waals surface area contributed by atoms with Crippen LogP contribution in [0.15, 0.2) is 42.5 Å². The molecule has 0 aromatic heterocycles. The maximum atomic E-state index is 12.8. The number of hydrogen-bond acceptors (Lipinski definition) is 3. The highest BCUT2D eigenvalue weighted by Gasteiger charge is 2.38. The predicted octanol–water partition coefficient (Wildman–Crippen LogP) is 5.48. The number of alkyl halides is 3. The van der Waals surface area contributed by atoms with Crippen molar-refractivity contribution in [2.75, 3.05) is 19.7 Å². The van der Waals surface area contributed by atoms with Crippen LogP contribution in [0.4, 0.5) is 0 Å². The molecule has 0 saturated carbocycles. The van der Waals surface area contributed by atoms with E-state index in [-0.39, 0.29) is 12.3 Å². The van der Waals surface area contributed by atoms with E-state index in [2.05, 4.69) is 10.2 Å². The minimum Gasteiger partial charge on any atom is -0.354 e. The first-order chi connectivity index (χ1) is 14.9. The zero-order valence-electron chi connectivity index (χ0n) is 17.5. The van der Waals surface area contributed by atoms with E-state index < -0.39 is 10.0 Å². The number of nitrogens with zero attached hydrogens (tertiary/aromatic N) is 1. The van der Waals surface area contributed by atoms with E-state index in [0.717, 1.165) is 42.3 Å². The first-order valence-corrected chi connectivity index (χ1v) is 12.2. The van der Waals surface area contributed by atoms with E-state index in [0.29, 0.717) is 18.6 Å². The summed E-state index contributed by atoms with van der Waals surface area (Å²) in [5.74, 6) is 0.175. The number of hydrogen-bond donors (Lipinski definition) is 1. The monoisotopic (exact) mass is 482 g/mol. The number of rotatable bonds is 6. The summed E-state index contributed by atoms with van der Waals surface area (Å²) in [4.78, 5) is 15.4. The van der Waals surface area contributed by atoms with Gasteiger partial charge in [-0.3, -0.25) is 4.79 Å². The Balaban J connectivity index is 1.39. The normalized spacial score (nSPS) is 23.3. The molecule has 4 rings (SSSR count). The third kappa shape index (κ3) is 5.85. The van der Waals surface area contributed by atoms with Gasteiger partial charge in [0, 0.05) is 6.04 Å².